The van der Waals surface area contributed by atoms with E-state index >= 15 is 0 Å². The summed E-state index contributed by atoms with van der Waals surface area (Å²) in [6, 6.07) is 7.06. The minimum atomic E-state index is -0.420. The first kappa shape index (κ1) is 18.8. The number of nitrogens with zero attached hydrogens (tertiary/aromatic N) is 2. The van der Waals surface area contributed by atoms with Gasteiger partial charge >= 0.3 is 0 Å². The standard InChI is InChI=1S/C19H23BrN4O2/c1-2-15(21-16(25)10-12-6-3-4-7-12)17-19(26)22-18(24-23-17)13-8-5-9-14(20)11-13/h5,8-9,11-12,15H,2-4,6-7,10H2,1H3,(H,21,25)(H,22,24,26). The predicted molar refractivity (Wildman–Crippen MR) is 104 cm³/mol. The van der Waals surface area contributed by atoms with Crippen molar-refractivity contribution < 1.29 is 4.79 Å². The number of aromatic nitrogens is 3. The van der Waals surface area contributed by atoms with Gasteiger partial charge in [-0.2, -0.15) is 0 Å². The van der Waals surface area contributed by atoms with Gasteiger partial charge in [0, 0.05) is 16.5 Å². The molecule has 6 nitrogen and oxygen atoms in total. The summed E-state index contributed by atoms with van der Waals surface area (Å²) in [4.78, 5) is 27.6. The molecule has 0 saturated heterocycles. The van der Waals surface area contributed by atoms with Gasteiger partial charge in [-0.1, -0.05) is 47.8 Å². The Morgan fingerprint density at radius 1 is 1.35 bits per heavy atom. The van der Waals surface area contributed by atoms with Crippen molar-refractivity contribution in [2.75, 3.05) is 0 Å². The molecule has 0 spiro atoms. The van der Waals surface area contributed by atoms with Gasteiger partial charge in [-0.15, -0.1) is 10.2 Å². The Morgan fingerprint density at radius 3 is 2.77 bits per heavy atom. The molecular weight excluding hydrogens is 396 g/mol. The van der Waals surface area contributed by atoms with Crippen molar-refractivity contribution >= 4 is 21.8 Å². The van der Waals surface area contributed by atoms with Gasteiger partial charge in [0.2, 0.25) is 5.91 Å². The Morgan fingerprint density at radius 2 is 2.12 bits per heavy atom. The van der Waals surface area contributed by atoms with Crippen molar-refractivity contribution in [1.29, 1.82) is 0 Å². The van der Waals surface area contributed by atoms with Crippen molar-refractivity contribution in [3.8, 4) is 11.4 Å². The molecule has 1 heterocycles. The Kier molecular flexibility index (Phi) is 6.19. The zero-order valence-electron chi connectivity index (χ0n) is 14.8. The summed E-state index contributed by atoms with van der Waals surface area (Å²) in [5.74, 6) is 0.865. The number of carbonyl (C=O) groups is 1. The van der Waals surface area contributed by atoms with Crippen LogP contribution < -0.4 is 10.9 Å². The molecule has 2 aromatic rings. The Hall–Kier alpha value is -2.02. The van der Waals surface area contributed by atoms with E-state index in [1.807, 2.05) is 31.2 Å². The average Bonchev–Trinajstić information content (AvgIpc) is 3.13. The third-order valence-corrected chi connectivity index (χ3v) is 5.34. The number of rotatable bonds is 6. The number of amides is 1. The van der Waals surface area contributed by atoms with Crippen LogP contribution in [0.2, 0.25) is 0 Å². The van der Waals surface area contributed by atoms with Gasteiger partial charge in [-0.3, -0.25) is 9.59 Å². The van der Waals surface area contributed by atoms with Crippen LogP contribution in [0.1, 0.15) is 57.2 Å². The van der Waals surface area contributed by atoms with E-state index in [2.05, 4.69) is 36.4 Å². The molecule has 1 aromatic heterocycles. The fraction of sp³-hybridized carbons (Fsp3) is 0.474. The monoisotopic (exact) mass is 418 g/mol. The molecule has 1 aliphatic rings. The fourth-order valence-electron chi connectivity index (χ4n) is 3.43. The molecule has 1 aromatic carbocycles. The molecule has 1 atom stereocenters. The number of hydrogen-bond donors (Lipinski definition) is 2. The highest BCUT2D eigenvalue weighted by Crippen LogP contribution is 2.27. The number of halogens is 1. The second kappa shape index (κ2) is 8.58. The fourth-order valence-corrected chi connectivity index (χ4v) is 3.83. The maximum atomic E-state index is 12.5. The predicted octanol–water partition coefficient (Wildman–Crippen LogP) is 3.74. The molecule has 2 N–H and O–H groups in total. The number of H-pyrrole nitrogens is 1. The second-order valence-corrected chi connectivity index (χ2v) is 7.70. The zero-order valence-corrected chi connectivity index (χ0v) is 16.4. The Labute approximate surface area is 160 Å². The van der Waals surface area contributed by atoms with E-state index in [0.29, 0.717) is 24.6 Å². The highest BCUT2D eigenvalue weighted by Gasteiger charge is 2.22. The minimum Gasteiger partial charge on any atom is -0.347 e. The smallest absolute Gasteiger partial charge is 0.275 e. The van der Waals surface area contributed by atoms with Crippen LogP contribution in [0.5, 0.6) is 0 Å². The van der Waals surface area contributed by atoms with Crippen molar-refractivity contribution in [2.45, 2.75) is 51.5 Å². The van der Waals surface area contributed by atoms with E-state index < -0.39 is 6.04 Å². The zero-order chi connectivity index (χ0) is 18.5. The quantitative estimate of drug-likeness (QED) is 0.747. The molecule has 1 amide bonds. The molecule has 3 rings (SSSR count). The lowest BCUT2D eigenvalue weighted by Crippen LogP contribution is -2.34. The maximum Gasteiger partial charge on any atom is 0.275 e. The molecule has 1 aliphatic carbocycles. The van der Waals surface area contributed by atoms with Crippen LogP contribution in [0.25, 0.3) is 11.4 Å². The third kappa shape index (κ3) is 4.58. The Balaban J connectivity index is 1.74. The summed E-state index contributed by atoms with van der Waals surface area (Å²) >= 11 is 3.40. The number of carbonyl (C=O) groups excluding carboxylic acids is 1. The first-order valence-electron chi connectivity index (χ1n) is 9.09. The van der Waals surface area contributed by atoms with Gasteiger partial charge in [-0.05, 0) is 37.3 Å². The molecule has 138 valence electrons. The summed E-state index contributed by atoms with van der Waals surface area (Å²) in [6.07, 6.45) is 5.76. The van der Waals surface area contributed by atoms with Crippen LogP contribution in [0.4, 0.5) is 0 Å². The summed E-state index contributed by atoms with van der Waals surface area (Å²) in [5.41, 5.74) is 0.711. The van der Waals surface area contributed by atoms with Crippen LogP contribution >= 0.6 is 15.9 Å². The maximum absolute atomic E-state index is 12.5. The molecule has 26 heavy (non-hydrogen) atoms. The van der Waals surface area contributed by atoms with Gasteiger partial charge in [0.15, 0.2) is 11.5 Å². The Bertz CT molecular complexity index is 830. The van der Waals surface area contributed by atoms with E-state index in [4.69, 9.17) is 0 Å². The minimum absolute atomic E-state index is 0.0129. The van der Waals surface area contributed by atoms with Crippen molar-refractivity contribution in [1.82, 2.24) is 20.5 Å². The summed E-state index contributed by atoms with van der Waals surface area (Å²) in [6.45, 7) is 1.92. The third-order valence-electron chi connectivity index (χ3n) is 4.84. The largest absolute Gasteiger partial charge is 0.347 e. The highest BCUT2D eigenvalue weighted by molar-refractivity contribution is 9.10. The van der Waals surface area contributed by atoms with E-state index in [1.54, 1.807) is 0 Å². The second-order valence-electron chi connectivity index (χ2n) is 6.78. The van der Waals surface area contributed by atoms with Crippen LogP contribution in [-0.4, -0.2) is 21.1 Å². The molecule has 7 heteroatoms. The molecule has 1 saturated carbocycles. The molecule has 0 bridgehead atoms. The molecule has 1 fully saturated rings. The number of aromatic amines is 1. The van der Waals surface area contributed by atoms with Crippen molar-refractivity contribution in [2.24, 2.45) is 5.92 Å². The summed E-state index contributed by atoms with van der Waals surface area (Å²) in [5, 5.41) is 11.2. The van der Waals surface area contributed by atoms with Crippen molar-refractivity contribution in [3.63, 3.8) is 0 Å². The van der Waals surface area contributed by atoms with Gasteiger partial charge in [-0.25, -0.2) is 0 Å². The first-order valence-corrected chi connectivity index (χ1v) is 9.88. The summed E-state index contributed by atoms with van der Waals surface area (Å²) < 4.78 is 0.896. The van der Waals surface area contributed by atoms with Crippen LogP contribution in [-0.2, 0) is 4.79 Å². The molecule has 0 radical (unpaired) electrons. The highest BCUT2D eigenvalue weighted by atomic mass is 79.9. The van der Waals surface area contributed by atoms with Crippen LogP contribution in [0.15, 0.2) is 33.5 Å². The normalized spacial score (nSPS) is 15.8. The topological polar surface area (TPSA) is 87.7 Å². The van der Waals surface area contributed by atoms with E-state index in [9.17, 15) is 9.59 Å². The first-order chi connectivity index (χ1) is 12.6. The molecule has 1 unspecified atom stereocenters. The lowest BCUT2D eigenvalue weighted by molar-refractivity contribution is -0.122. The molecule has 0 aliphatic heterocycles. The average molecular weight is 419 g/mol. The number of benzene rings is 1. The van der Waals surface area contributed by atoms with Gasteiger partial charge < -0.3 is 10.3 Å². The van der Waals surface area contributed by atoms with E-state index in [1.165, 1.54) is 12.8 Å². The number of nitrogens with one attached hydrogen (secondary N) is 2. The van der Waals surface area contributed by atoms with Gasteiger partial charge in [0.25, 0.3) is 5.56 Å². The number of hydrogen-bond acceptors (Lipinski definition) is 4. The summed E-state index contributed by atoms with van der Waals surface area (Å²) in [7, 11) is 0. The lowest BCUT2D eigenvalue weighted by Gasteiger charge is -2.17. The molecular formula is C19H23BrN4O2. The van der Waals surface area contributed by atoms with Gasteiger partial charge in [0.1, 0.15) is 0 Å². The van der Waals surface area contributed by atoms with Crippen LogP contribution in [0.3, 0.4) is 0 Å². The SMILES string of the molecule is CCC(NC(=O)CC1CCCC1)c1nnc(-c2cccc(Br)c2)[nH]c1=O. The lowest BCUT2D eigenvalue weighted by atomic mass is 10.0. The van der Waals surface area contributed by atoms with E-state index in [0.717, 1.165) is 22.9 Å². The van der Waals surface area contributed by atoms with Crippen LogP contribution in [0, 0.1) is 5.92 Å². The van der Waals surface area contributed by atoms with Gasteiger partial charge in [0.05, 0.1) is 6.04 Å². The van der Waals surface area contributed by atoms with E-state index in [-0.39, 0.29) is 17.2 Å². The van der Waals surface area contributed by atoms with Crippen molar-refractivity contribution in [3.05, 3.63) is 44.8 Å².